The van der Waals surface area contributed by atoms with Crippen molar-refractivity contribution in [3.05, 3.63) is 45.9 Å². The zero-order chi connectivity index (χ0) is 12.4. The van der Waals surface area contributed by atoms with Gasteiger partial charge in [0.1, 0.15) is 0 Å². The van der Waals surface area contributed by atoms with Crippen molar-refractivity contribution in [3.8, 4) is 0 Å². The van der Waals surface area contributed by atoms with Gasteiger partial charge in [-0.05, 0) is 42.7 Å². The molecule has 0 radical (unpaired) electrons. The highest BCUT2D eigenvalue weighted by Crippen LogP contribution is 2.42. The highest BCUT2D eigenvalue weighted by atomic mass is 16.1. The molecule has 1 heterocycles. The predicted molar refractivity (Wildman–Crippen MR) is 72.6 cm³/mol. The maximum absolute atomic E-state index is 11.7. The molecule has 2 nitrogen and oxygen atoms in total. The smallest absolute Gasteiger partial charge is 0.255 e. The highest BCUT2D eigenvalue weighted by Gasteiger charge is 2.25. The molecule has 1 fully saturated rings. The molecule has 0 bridgehead atoms. The molecule has 1 saturated carbocycles. The summed E-state index contributed by atoms with van der Waals surface area (Å²) < 4.78 is 0. The van der Waals surface area contributed by atoms with Gasteiger partial charge in [0.2, 0.25) is 0 Å². The van der Waals surface area contributed by atoms with Crippen LogP contribution in [0.4, 0.5) is 0 Å². The van der Waals surface area contributed by atoms with Crippen molar-refractivity contribution in [1.29, 1.82) is 0 Å². The van der Waals surface area contributed by atoms with Gasteiger partial charge >= 0.3 is 0 Å². The summed E-state index contributed by atoms with van der Waals surface area (Å²) in [5.74, 6) is 0.673. The van der Waals surface area contributed by atoms with E-state index in [1.807, 2.05) is 33.0 Å². The van der Waals surface area contributed by atoms with Crippen LogP contribution in [0.25, 0.3) is 10.8 Å². The molecule has 17 heavy (non-hydrogen) atoms. The van der Waals surface area contributed by atoms with Gasteiger partial charge < -0.3 is 4.98 Å². The molecule has 0 amide bonds. The quantitative estimate of drug-likeness (QED) is 0.793. The van der Waals surface area contributed by atoms with Crippen molar-refractivity contribution >= 4 is 10.8 Å². The Morgan fingerprint density at radius 2 is 1.88 bits per heavy atom. The lowest BCUT2D eigenvalue weighted by molar-refractivity contribution is 1.10. The molecule has 1 aromatic heterocycles. The summed E-state index contributed by atoms with van der Waals surface area (Å²) in [6.07, 6.45) is 4.40. The van der Waals surface area contributed by atoms with Crippen molar-refractivity contribution < 1.29 is 0 Å². The minimum Gasteiger partial charge on any atom is -0.328 e. The lowest BCUT2D eigenvalue weighted by Crippen LogP contribution is -2.06. The fraction of sp³-hybridized carbons (Fsp3) is 0.400. The van der Waals surface area contributed by atoms with Crippen LogP contribution < -0.4 is 5.56 Å². The van der Waals surface area contributed by atoms with Gasteiger partial charge in [0.15, 0.2) is 0 Å². The molecule has 0 aliphatic heterocycles. The number of rotatable bonds is 1. The van der Waals surface area contributed by atoms with Gasteiger partial charge in [0.25, 0.3) is 5.56 Å². The van der Waals surface area contributed by atoms with Crippen LogP contribution in [0.3, 0.4) is 0 Å². The van der Waals surface area contributed by atoms with E-state index in [2.05, 4.69) is 17.1 Å². The van der Waals surface area contributed by atoms with Gasteiger partial charge in [-0.3, -0.25) is 4.79 Å². The number of aromatic amines is 1. The van der Waals surface area contributed by atoms with Gasteiger partial charge in [0, 0.05) is 11.6 Å². The number of fused-ring (bicyclic) bond motifs is 1. The Morgan fingerprint density at radius 1 is 1.18 bits per heavy atom. The summed E-state index contributed by atoms with van der Waals surface area (Å²) in [5, 5.41) is 1.96. The topological polar surface area (TPSA) is 32.9 Å². The summed E-state index contributed by atoms with van der Waals surface area (Å²) in [4.78, 5) is 14.5. The van der Waals surface area contributed by atoms with E-state index in [1.165, 1.54) is 18.4 Å². The first kappa shape index (κ1) is 11.9. The van der Waals surface area contributed by atoms with Crippen LogP contribution in [0.1, 0.15) is 43.7 Å². The van der Waals surface area contributed by atoms with Gasteiger partial charge in [-0.15, -0.1) is 0 Å². The molecule has 90 valence electrons. The first-order chi connectivity index (χ1) is 8.25. The van der Waals surface area contributed by atoms with Crippen molar-refractivity contribution in [3.63, 3.8) is 0 Å². The molecule has 2 aromatic rings. The number of nitrogens with one attached hydrogen (secondary N) is 1. The molecule has 0 saturated heterocycles. The van der Waals surface area contributed by atoms with E-state index in [1.54, 1.807) is 0 Å². The van der Waals surface area contributed by atoms with Crippen LogP contribution in [0, 0.1) is 6.92 Å². The average Bonchev–Trinajstić information content (AvgIpc) is 3.17. The van der Waals surface area contributed by atoms with Gasteiger partial charge in [0.05, 0.1) is 0 Å². The zero-order valence-corrected chi connectivity index (χ0v) is 10.7. The number of benzene rings is 1. The number of aryl methyl sites for hydroxylation is 1. The Kier molecular flexibility index (Phi) is 3.32. The Morgan fingerprint density at radius 3 is 2.53 bits per heavy atom. The van der Waals surface area contributed by atoms with Crippen LogP contribution in [0.2, 0.25) is 0 Å². The lowest BCUT2D eigenvalue weighted by Gasteiger charge is -2.04. The van der Waals surface area contributed by atoms with Crippen molar-refractivity contribution in [2.24, 2.45) is 0 Å². The molecule has 3 rings (SSSR count). The van der Waals surface area contributed by atoms with E-state index in [0.29, 0.717) is 5.92 Å². The number of H-pyrrole nitrogens is 1. The van der Waals surface area contributed by atoms with Crippen molar-refractivity contribution in [2.75, 3.05) is 0 Å². The van der Waals surface area contributed by atoms with Gasteiger partial charge in [-0.2, -0.15) is 0 Å². The van der Waals surface area contributed by atoms with E-state index in [0.717, 1.165) is 16.3 Å². The van der Waals surface area contributed by atoms with Crippen LogP contribution in [0.15, 0.2) is 29.2 Å². The van der Waals surface area contributed by atoms with E-state index in [4.69, 9.17) is 0 Å². The summed E-state index contributed by atoms with van der Waals surface area (Å²) in [6, 6.07) is 6.13. The van der Waals surface area contributed by atoms with E-state index < -0.39 is 0 Å². The summed E-state index contributed by atoms with van der Waals surface area (Å²) in [6.45, 7) is 6.02. The molecule has 0 unspecified atom stereocenters. The number of hydrogen-bond acceptors (Lipinski definition) is 1. The molecule has 1 aliphatic rings. The number of aromatic nitrogens is 1. The van der Waals surface area contributed by atoms with E-state index >= 15 is 0 Å². The zero-order valence-electron chi connectivity index (χ0n) is 10.7. The first-order valence-corrected chi connectivity index (χ1v) is 6.37. The average molecular weight is 229 g/mol. The molecule has 0 atom stereocenters. The van der Waals surface area contributed by atoms with E-state index in [-0.39, 0.29) is 5.56 Å². The van der Waals surface area contributed by atoms with Gasteiger partial charge in [-0.25, -0.2) is 0 Å². The summed E-state index contributed by atoms with van der Waals surface area (Å²) in [5.41, 5.74) is 2.48. The first-order valence-electron chi connectivity index (χ1n) is 6.37. The Hall–Kier alpha value is -1.57. The minimum absolute atomic E-state index is 0.0260. The molecule has 1 aliphatic carbocycles. The maximum atomic E-state index is 11.7. The molecular formula is C15H19NO. The number of pyridine rings is 1. The largest absolute Gasteiger partial charge is 0.328 e. The van der Waals surface area contributed by atoms with Crippen LogP contribution in [-0.4, -0.2) is 4.98 Å². The number of hydrogen-bond donors (Lipinski definition) is 1. The fourth-order valence-corrected chi connectivity index (χ4v) is 2.13. The third kappa shape index (κ3) is 2.26. The standard InChI is InChI=1S/C13H13NO.C2H6/c1-8-2-5-10-11(6-8)13(15)14-7-12(10)9-3-4-9;1-2/h2,5-7,9H,3-4H2,1H3,(H,14,15);1-2H3. The SMILES string of the molecule is CC.Cc1ccc2c(C3CC3)c[nH]c(=O)c2c1. The predicted octanol–water partition coefficient (Wildman–Crippen LogP) is 3.74. The highest BCUT2D eigenvalue weighted by molar-refractivity contribution is 5.86. The molecule has 2 heteroatoms. The Balaban J connectivity index is 0.000000514. The van der Waals surface area contributed by atoms with Crippen LogP contribution in [-0.2, 0) is 0 Å². The summed E-state index contributed by atoms with van der Waals surface area (Å²) >= 11 is 0. The van der Waals surface area contributed by atoms with Gasteiger partial charge in [-0.1, -0.05) is 31.5 Å². The third-order valence-corrected chi connectivity index (χ3v) is 3.11. The second-order valence-corrected chi connectivity index (χ2v) is 4.40. The molecule has 1 aromatic carbocycles. The molecule has 1 N–H and O–H groups in total. The van der Waals surface area contributed by atoms with E-state index in [9.17, 15) is 4.79 Å². The second-order valence-electron chi connectivity index (χ2n) is 4.40. The maximum Gasteiger partial charge on any atom is 0.255 e. The summed E-state index contributed by atoms with van der Waals surface area (Å²) in [7, 11) is 0. The minimum atomic E-state index is 0.0260. The van der Waals surface area contributed by atoms with Crippen molar-refractivity contribution in [2.45, 2.75) is 39.5 Å². The normalized spacial score (nSPS) is 14.3. The van der Waals surface area contributed by atoms with Crippen LogP contribution >= 0.6 is 0 Å². The molecular weight excluding hydrogens is 210 g/mol. The lowest BCUT2D eigenvalue weighted by atomic mass is 10.0. The monoisotopic (exact) mass is 229 g/mol. The third-order valence-electron chi connectivity index (χ3n) is 3.11. The molecule has 0 spiro atoms. The Labute approximate surface area is 102 Å². The Bertz CT molecular complexity index is 579. The fourth-order valence-electron chi connectivity index (χ4n) is 2.13. The van der Waals surface area contributed by atoms with Crippen LogP contribution in [0.5, 0.6) is 0 Å². The second kappa shape index (κ2) is 4.74. The van der Waals surface area contributed by atoms with Crippen molar-refractivity contribution in [1.82, 2.24) is 4.98 Å².